The highest BCUT2D eigenvalue weighted by Crippen LogP contribution is 2.34. The van der Waals surface area contributed by atoms with Crippen molar-refractivity contribution in [3.05, 3.63) is 16.6 Å². The molecule has 7 nitrogen and oxygen atoms in total. The molecule has 3 heterocycles. The Hall–Kier alpha value is -1.83. The minimum atomic E-state index is -0.250. The molecular formula is C19H29N5O2S. The van der Waals surface area contributed by atoms with Gasteiger partial charge in [0.25, 0.3) is 5.56 Å². The second-order valence-electron chi connectivity index (χ2n) is 8.08. The van der Waals surface area contributed by atoms with E-state index in [4.69, 9.17) is 4.98 Å². The lowest BCUT2D eigenvalue weighted by Crippen LogP contribution is -2.35. The highest BCUT2D eigenvalue weighted by atomic mass is 32.2. The number of amides is 1. The van der Waals surface area contributed by atoms with Crippen molar-refractivity contribution in [3.63, 3.8) is 0 Å². The lowest BCUT2D eigenvalue weighted by atomic mass is 10.1. The van der Waals surface area contributed by atoms with E-state index in [1.54, 1.807) is 27.2 Å². The van der Waals surface area contributed by atoms with Crippen molar-refractivity contribution >= 4 is 28.7 Å². The highest BCUT2D eigenvalue weighted by molar-refractivity contribution is 7.99. The predicted molar refractivity (Wildman–Crippen MR) is 108 cm³/mol. The first-order valence-electron chi connectivity index (χ1n) is 9.69. The van der Waals surface area contributed by atoms with Crippen LogP contribution in [0.15, 0.2) is 16.1 Å². The molecule has 0 saturated heterocycles. The molecular weight excluding hydrogens is 362 g/mol. The summed E-state index contributed by atoms with van der Waals surface area (Å²) in [5.74, 6) is 0.824. The van der Waals surface area contributed by atoms with E-state index in [-0.39, 0.29) is 23.0 Å². The van der Waals surface area contributed by atoms with Crippen molar-refractivity contribution in [2.75, 3.05) is 18.8 Å². The van der Waals surface area contributed by atoms with Gasteiger partial charge in [-0.1, -0.05) is 25.6 Å². The fraction of sp³-hybridized carbons (Fsp3) is 0.684. The minimum absolute atomic E-state index is 0.0918. The first-order chi connectivity index (χ1) is 12.8. The number of rotatable bonds is 6. The zero-order valence-electron chi connectivity index (χ0n) is 16.9. The van der Waals surface area contributed by atoms with Gasteiger partial charge in [-0.3, -0.25) is 14.2 Å². The van der Waals surface area contributed by atoms with Gasteiger partial charge in [0.1, 0.15) is 5.39 Å². The van der Waals surface area contributed by atoms with Crippen LogP contribution in [0.5, 0.6) is 0 Å². The third kappa shape index (κ3) is 3.77. The van der Waals surface area contributed by atoms with Gasteiger partial charge < -0.3 is 4.90 Å². The van der Waals surface area contributed by atoms with Gasteiger partial charge in [-0.05, 0) is 33.6 Å². The van der Waals surface area contributed by atoms with Crippen LogP contribution in [0, 0.1) is 0 Å². The summed E-state index contributed by atoms with van der Waals surface area (Å²) < 4.78 is 3.50. The Morgan fingerprint density at radius 3 is 2.56 bits per heavy atom. The van der Waals surface area contributed by atoms with E-state index >= 15 is 0 Å². The molecule has 0 aliphatic carbocycles. The van der Waals surface area contributed by atoms with Crippen LogP contribution in [-0.4, -0.2) is 49.0 Å². The summed E-state index contributed by atoms with van der Waals surface area (Å²) in [6, 6.07) is -0.143. The minimum Gasteiger partial charge on any atom is -0.343 e. The largest absolute Gasteiger partial charge is 0.343 e. The second-order valence-corrected chi connectivity index (χ2v) is 9.07. The molecule has 3 rings (SSSR count). The Balaban J connectivity index is 1.93. The summed E-state index contributed by atoms with van der Waals surface area (Å²) in [5, 5.41) is 5.60. The normalized spacial score (nSPS) is 16.7. The summed E-state index contributed by atoms with van der Waals surface area (Å²) >= 11 is 1.55. The van der Waals surface area contributed by atoms with Crippen molar-refractivity contribution in [2.24, 2.45) is 0 Å². The fourth-order valence-corrected chi connectivity index (χ4v) is 4.63. The number of aromatic nitrogens is 4. The van der Waals surface area contributed by atoms with E-state index in [2.05, 4.69) is 18.9 Å². The van der Waals surface area contributed by atoms with Crippen LogP contribution in [0.4, 0.5) is 0 Å². The van der Waals surface area contributed by atoms with Crippen molar-refractivity contribution in [1.29, 1.82) is 0 Å². The molecule has 8 heteroatoms. The number of thioether (sulfide) groups is 1. The first-order valence-corrected chi connectivity index (χ1v) is 10.7. The van der Waals surface area contributed by atoms with Crippen molar-refractivity contribution in [3.8, 4) is 0 Å². The predicted octanol–water partition coefficient (Wildman–Crippen LogP) is 3.03. The van der Waals surface area contributed by atoms with Gasteiger partial charge in [-0.25, -0.2) is 9.67 Å². The molecule has 0 saturated carbocycles. The maximum atomic E-state index is 13.1. The van der Waals surface area contributed by atoms with E-state index < -0.39 is 0 Å². The van der Waals surface area contributed by atoms with E-state index in [1.807, 2.05) is 25.7 Å². The maximum Gasteiger partial charge on any atom is 0.265 e. The average Bonchev–Trinajstić information content (AvgIpc) is 3.19. The van der Waals surface area contributed by atoms with Crippen LogP contribution in [0.25, 0.3) is 11.0 Å². The van der Waals surface area contributed by atoms with E-state index in [0.717, 1.165) is 25.9 Å². The van der Waals surface area contributed by atoms with Crippen LogP contribution >= 0.6 is 11.8 Å². The molecule has 0 radical (unpaired) electrons. The quantitative estimate of drug-likeness (QED) is 0.708. The standard InChI is InChI=1S/C19H29N5O2S/c1-6-8-22(9-7-2)15(25)10-13-12-27-18-21-16-14(17(26)23(13)18)11-20-24(16)19(3,4)5/h11,13H,6-10,12H2,1-5H3. The molecule has 1 amide bonds. The van der Waals surface area contributed by atoms with Crippen LogP contribution in [0.3, 0.4) is 0 Å². The SMILES string of the molecule is CCCN(CCC)C(=O)CC1CSc2nc3c(cnn3C(C)(C)C)c(=O)n21. The molecule has 0 fully saturated rings. The lowest BCUT2D eigenvalue weighted by Gasteiger charge is -2.23. The highest BCUT2D eigenvalue weighted by Gasteiger charge is 2.31. The summed E-state index contributed by atoms with van der Waals surface area (Å²) in [5.41, 5.74) is 0.280. The molecule has 1 atom stereocenters. The molecule has 27 heavy (non-hydrogen) atoms. The Morgan fingerprint density at radius 1 is 1.30 bits per heavy atom. The fourth-order valence-electron chi connectivity index (χ4n) is 3.50. The number of nitrogens with zero attached hydrogens (tertiary/aromatic N) is 5. The van der Waals surface area contributed by atoms with Gasteiger partial charge in [-0.2, -0.15) is 5.10 Å². The third-order valence-electron chi connectivity index (χ3n) is 4.76. The zero-order chi connectivity index (χ0) is 19.8. The van der Waals surface area contributed by atoms with Gasteiger partial charge in [0.2, 0.25) is 5.91 Å². The molecule has 0 bridgehead atoms. The molecule has 1 aliphatic rings. The van der Waals surface area contributed by atoms with Gasteiger partial charge >= 0.3 is 0 Å². The Kier molecular flexibility index (Phi) is 5.65. The number of carbonyl (C=O) groups excluding carboxylic acids is 1. The molecule has 2 aromatic heterocycles. The van der Waals surface area contributed by atoms with Crippen molar-refractivity contribution in [2.45, 2.75) is 70.6 Å². The zero-order valence-corrected chi connectivity index (χ0v) is 17.7. The lowest BCUT2D eigenvalue weighted by molar-refractivity contribution is -0.132. The van der Waals surface area contributed by atoms with Gasteiger partial charge in [0.05, 0.1) is 17.8 Å². The first kappa shape index (κ1) is 19.9. The monoisotopic (exact) mass is 391 g/mol. The smallest absolute Gasteiger partial charge is 0.265 e. The number of hydrogen-bond acceptors (Lipinski definition) is 5. The van der Waals surface area contributed by atoms with Gasteiger partial charge in [-0.15, -0.1) is 0 Å². The van der Waals surface area contributed by atoms with Crippen LogP contribution in [0.1, 0.15) is 59.9 Å². The molecule has 148 valence electrons. The molecule has 0 aromatic carbocycles. The molecule has 1 aliphatic heterocycles. The third-order valence-corrected chi connectivity index (χ3v) is 5.85. The molecule has 2 aromatic rings. The number of hydrogen-bond donors (Lipinski definition) is 0. The van der Waals surface area contributed by atoms with Gasteiger partial charge in [0.15, 0.2) is 10.8 Å². The van der Waals surface area contributed by atoms with Crippen LogP contribution in [-0.2, 0) is 10.3 Å². The topological polar surface area (TPSA) is 73.0 Å². The van der Waals surface area contributed by atoms with E-state index in [0.29, 0.717) is 28.4 Å². The van der Waals surface area contributed by atoms with Gasteiger partial charge in [0, 0.05) is 25.3 Å². The summed E-state index contributed by atoms with van der Waals surface area (Å²) in [6.07, 6.45) is 3.83. The molecule has 1 unspecified atom stereocenters. The number of carbonyl (C=O) groups is 1. The van der Waals surface area contributed by atoms with Crippen LogP contribution in [0.2, 0.25) is 0 Å². The Bertz CT molecular complexity index is 890. The summed E-state index contributed by atoms with van der Waals surface area (Å²) in [4.78, 5) is 32.5. The van der Waals surface area contributed by atoms with Crippen LogP contribution < -0.4 is 5.56 Å². The summed E-state index contributed by atoms with van der Waals surface area (Å²) in [7, 11) is 0. The maximum absolute atomic E-state index is 13.1. The molecule has 0 spiro atoms. The Labute approximate surface area is 164 Å². The summed E-state index contributed by atoms with van der Waals surface area (Å²) in [6.45, 7) is 11.8. The Morgan fingerprint density at radius 2 is 1.96 bits per heavy atom. The second kappa shape index (κ2) is 7.66. The average molecular weight is 392 g/mol. The van der Waals surface area contributed by atoms with Crippen molar-refractivity contribution < 1.29 is 4.79 Å². The van der Waals surface area contributed by atoms with E-state index in [9.17, 15) is 9.59 Å². The number of fused-ring (bicyclic) bond motifs is 2. The van der Waals surface area contributed by atoms with E-state index in [1.165, 1.54) is 0 Å². The molecule has 0 N–H and O–H groups in total. The van der Waals surface area contributed by atoms with Crippen molar-refractivity contribution in [1.82, 2.24) is 24.2 Å².